The highest BCUT2D eigenvalue weighted by Crippen LogP contribution is 2.32. The van der Waals surface area contributed by atoms with Crippen molar-refractivity contribution in [3.63, 3.8) is 0 Å². The maximum absolute atomic E-state index is 13.2. The second-order valence-electron chi connectivity index (χ2n) is 6.87. The summed E-state index contributed by atoms with van der Waals surface area (Å²) in [5, 5.41) is 9.65. The van der Waals surface area contributed by atoms with E-state index in [-0.39, 0.29) is 6.42 Å². The molecule has 0 bridgehead atoms. The molecule has 0 spiro atoms. The molecule has 0 saturated heterocycles. The SMILES string of the molecule is CC1(S(=O)(=O)n2ccc3c(CCCCC(=O)O)cccc32)C=CC=CC1. The smallest absolute Gasteiger partial charge is 0.303 e. The molecule has 26 heavy (non-hydrogen) atoms. The van der Waals surface area contributed by atoms with Gasteiger partial charge in [-0.15, -0.1) is 0 Å². The van der Waals surface area contributed by atoms with Gasteiger partial charge >= 0.3 is 5.97 Å². The fraction of sp³-hybridized carbons (Fsp3) is 0.350. The van der Waals surface area contributed by atoms with Gasteiger partial charge in [0, 0.05) is 18.0 Å². The number of allylic oxidation sites excluding steroid dienone is 3. The number of fused-ring (bicyclic) bond motifs is 1. The standard InChI is InChI=1S/C20H23NO4S/c1-20(13-5-2-6-14-20)26(24,25)21-15-12-17-16(9-7-10-18(17)21)8-3-4-11-19(22)23/h2,5-7,9-10,12-13,15H,3-4,8,11,14H2,1H3,(H,22,23). The molecule has 1 aliphatic carbocycles. The van der Waals surface area contributed by atoms with E-state index in [4.69, 9.17) is 5.11 Å². The van der Waals surface area contributed by atoms with Crippen molar-refractivity contribution in [3.8, 4) is 0 Å². The third kappa shape index (κ3) is 3.33. The van der Waals surface area contributed by atoms with Crippen LogP contribution in [0.1, 0.15) is 38.2 Å². The Morgan fingerprint density at radius 1 is 1.23 bits per heavy atom. The average Bonchev–Trinajstić information content (AvgIpc) is 3.04. The Morgan fingerprint density at radius 3 is 2.73 bits per heavy atom. The zero-order chi connectivity index (χ0) is 18.8. The Balaban J connectivity index is 1.92. The maximum Gasteiger partial charge on any atom is 0.303 e. The molecule has 0 aliphatic heterocycles. The second-order valence-corrected chi connectivity index (χ2v) is 9.15. The number of hydrogen-bond acceptors (Lipinski definition) is 3. The number of carboxylic acid groups (broad SMARTS) is 1. The average molecular weight is 373 g/mol. The molecule has 1 N–H and O–H groups in total. The monoisotopic (exact) mass is 373 g/mol. The molecule has 1 atom stereocenters. The normalized spacial score (nSPS) is 19.9. The highest BCUT2D eigenvalue weighted by Gasteiger charge is 2.38. The lowest BCUT2D eigenvalue weighted by Crippen LogP contribution is -2.37. The van der Waals surface area contributed by atoms with E-state index in [9.17, 15) is 13.2 Å². The molecule has 1 aliphatic rings. The number of aromatic nitrogens is 1. The molecule has 0 amide bonds. The van der Waals surface area contributed by atoms with Crippen molar-refractivity contribution in [2.45, 2.75) is 43.8 Å². The predicted octanol–water partition coefficient (Wildman–Crippen LogP) is 3.89. The molecular weight excluding hydrogens is 350 g/mol. The number of hydrogen-bond donors (Lipinski definition) is 1. The minimum absolute atomic E-state index is 0.156. The van der Waals surface area contributed by atoms with Crippen LogP contribution in [0.25, 0.3) is 10.9 Å². The minimum atomic E-state index is -3.60. The molecule has 0 saturated carbocycles. The summed E-state index contributed by atoms with van der Waals surface area (Å²) < 4.78 is 26.9. The van der Waals surface area contributed by atoms with Crippen LogP contribution in [0.4, 0.5) is 0 Å². The Kier molecular flexibility index (Phi) is 5.05. The summed E-state index contributed by atoms with van der Waals surface area (Å²) in [6.45, 7) is 1.74. The van der Waals surface area contributed by atoms with Crippen molar-refractivity contribution in [3.05, 3.63) is 60.3 Å². The van der Waals surface area contributed by atoms with Gasteiger partial charge in [-0.1, -0.05) is 36.4 Å². The van der Waals surface area contributed by atoms with Crippen LogP contribution < -0.4 is 0 Å². The van der Waals surface area contributed by atoms with Gasteiger partial charge in [0.05, 0.1) is 5.52 Å². The van der Waals surface area contributed by atoms with Gasteiger partial charge in [0.25, 0.3) is 0 Å². The van der Waals surface area contributed by atoms with Crippen molar-refractivity contribution in [1.29, 1.82) is 0 Å². The number of carbonyl (C=O) groups is 1. The van der Waals surface area contributed by atoms with Crippen molar-refractivity contribution in [1.82, 2.24) is 3.97 Å². The fourth-order valence-electron chi connectivity index (χ4n) is 3.35. The van der Waals surface area contributed by atoms with E-state index in [0.717, 1.165) is 23.8 Å². The molecule has 138 valence electrons. The number of carboxylic acids is 1. The molecule has 1 aromatic heterocycles. The molecule has 0 radical (unpaired) electrons. The lowest BCUT2D eigenvalue weighted by Gasteiger charge is -2.27. The summed E-state index contributed by atoms with van der Waals surface area (Å²) >= 11 is 0. The number of aliphatic carboxylic acids is 1. The van der Waals surface area contributed by atoms with Gasteiger partial charge in [0.1, 0.15) is 4.75 Å². The first-order chi connectivity index (χ1) is 12.3. The predicted molar refractivity (Wildman–Crippen MR) is 103 cm³/mol. The van der Waals surface area contributed by atoms with Crippen molar-refractivity contribution in [2.24, 2.45) is 0 Å². The molecule has 1 heterocycles. The highest BCUT2D eigenvalue weighted by molar-refractivity contribution is 7.91. The van der Waals surface area contributed by atoms with Gasteiger partial charge in [-0.05, 0) is 50.3 Å². The van der Waals surface area contributed by atoms with Gasteiger partial charge in [-0.3, -0.25) is 4.79 Å². The molecule has 3 rings (SSSR count). The van der Waals surface area contributed by atoms with Crippen molar-refractivity contribution in [2.75, 3.05) is 0 Å². The van der Waals surface area contributed by atoms with Gasteiger partial charge in [-0.25, -0.2) is 12.4 Å². The molecule has 0 fully saturated rings. The number of aryl methyl sites for hydroxylation is 1. The first kappa shape index (κ1) is 18.5. The quantitative estimate of drug-likeness (QED) is 0.747. The van der Waals surface area contributed by atoms with Crippen LogP contribution in [0.5, 0.6) is 0 Å². The summed E-state index contributed by atoms with van der Waals surface area (Å²) in [6, 6.07) is 7.50. The van der Waals surface area contributed by atoms with Crippen LogP contribution in [0.2, 0.25) is 0 Å². The third-order valence-corrected chi connectivity index (χ3v) is 7.26. The number of benzene rings is 1. The highest BCUT2D eigenvalue weighted by atomic mass is 32.2. The lowest BCUT2D eigenvalue weighted by atomic mass is 10.0. The van der Waals surface area contributed by atoms with Crippen molar-refractivity contribution >= 4 is 26.9 Å². The van der Waals surface area contributed by atoms with E-state index >= 15 is 0 Å². The molecule has 2 aromatic rings. The van der Waals surface area contributed by atoms with Crippen molar-refractivity contribution < 1.29 is 18.3 Å². The van der Waals surface area contributed by atoms with E-state index in [0.29, 0.717) is 18.4 Å². The number of rotatable bonds is 7. The van der Waals surface area contributed by atoms with Crippen LogP contribution in [-0.4, -0.2) is 28.2 Å². The Morgan fingerprint density at radius 2 is 2.04 bits per heavy atom. The van der Waals surface area contributed by atoms with Gasteiger partial charge < -0.3 is 5.11 Å². The van der Waals surface area contributed by atoms with E-state index in [1.54, 1.807) is 25.3 Å². The Bertz CT molecular complexity index is 984. The summed E-state index contributed by atoms with van der Waals surface area (Å²) in [5.41, 5.74) is 1.72. The summed E-state index contributed by atoms with van der Waals surface area (Å²) in [7, 11) is -3.60. The zero-order valence-corrected chi connectivity index (χ0v) is 15.6. The fourth-order valence-corrected chi connectivity index (χ4v) is 5.00. The lowest BCUT2D eigenvalue weighted by molar-refractivity contribution is -0.137. The summed E-state index contributed by atoms with van der Waals surface area (Å²) in [5.74, 6) is -0.789. The van der Waals surface area contributed by atoms with Crippen LogP contribution in [-0.2, 0) is 21.2 Å². The summed E-state index contributed by atoms with van der Waals surface area (Å²) in [6.07, 6.45) is 11.6. The van der Waals surface area contributed by atoms with Crippen LogP contribution in [0.15, 0.2) is 54.8 Å². The molecule has 1 unspecified atom stereocenters. The van der Waals surface area contributed by atoms with E-state index in [1.165, 1.54) is 3.97 Å². The Labute approximate surface area is 153 Å². The van der Waals surface area contributed by atoms with Gasteiger partial charge in [0.2, 0.25) is 10.0 Å². The van der Waals surface area contributed by atoms with Crippen LogP contribution in [0.3, 0.4) is 0 Å². The van der Waals surface area contributed by atoms with E-state index in [2.05, 4.69) is 0 Å². The number of unbranched alkanes of at least 4 members (excludes halogenated alkanes) is 1. The molecular formula is C20H23NO4S. The first-order valence-corrected chi connectivity index (χ1v) is 10.2. The molecule has 1 aromatic carbocycles. The van der Waals surface area contributed by atoms with Crippen LogP contribution >= 0.6 is 0 Å². The first-order valence-electron chi connectivity index (χ1n) is 8.75. The maximum atomic E-state index is 13.2. The molecule has 6 heteroatoms. The minimum Gasteiger partial charge on any atom is -0.481 e. The van der Waals surface area contributed by atoms with E-state index < -0.39 is 20.7 Å². The van der Waals surface area contributed by atoms with Crippen LogP contribution in [0, 0.1) is 0 Å². The number of nitrogens with zero attached hydrogens (tertiary/aromatic N) is 1. The largest absolute Gasteiger partial charge is 0.481 e. The summed E-state index contributed by atoms with van der Waals surface area (Å²) in [4.78, 5) is 10.6. The van der Waals surface area contributed by atoms with Gasteiger partial charge in [0.15, 0.2) is 0 Å². The third-order valence-electron chi connectivity index (χ3n) is 4.94. The Hall–Kier alpha value is -2.34. The molecule has 5 nitrogen and oxygen atoms in total. The van der Waals surface area contributed by atoms with Gasteiger partial charge in [-0.2, -0.15) is 0 Å². The second kappa shape index (κ2) is 7.11. The zero-order valence-electron chi connectivity index (χ0n) is 14.8. The topological polar surface area (TPSA) is 76.4 Å². The van der Waals surface area contributed by atoms with E-state index in [1.807, 2.05) is 36.4 Å².